The minimum absolute atomic E-state index is 0. The van der Waals surface area contributed by atoms with Crippen molar-refractivity contribution in [1.29, 1.82) is 0 Å². The average Bonchev–Trinajstić information content (AvgIpc) is 3.47. The van der Waals surface area contributed by atoms with E-state index in [0.29, 0.717) is 41.7 Å². The van der Waals surface area contributed by atoms with Gasteiger partial charge in [-0.05, 0) is 47.5 Å². The number of rotatable bonds is 9. The minimum Gasteiger partial charge on any atom is -0.493 e. The third-order valence-corrected chi connectivity index (χ3v) is 5.86. The van der Waals surface area contributed by atoms with E-state index >= 15 is 0 Å². The first-order chi connectivity index (χ1) is 15.5. The number of nitrogens with one attached hydrogen (secondary N) is 1. The molecule has 33 heavy (non-hydrogen) atoms. The smallest absolute Gasteiger partial charge is 0.252 e. The normalized spacial score (nSPS) is 11.6. The topological polar surface area (TPSA) is 130 Å². The van der Waals surface area contributed by atoms with E-state index in [9.17, 15) is 4.79 Å². The van der Waals surface area contributed by atoms with Gasteiger partial charge in [-0.3, -0.25) is 9.36 Å². The maximum Gasteiger partial charge on any atom is 0.252 e. The second kappa shape index (κ2) is 10.5. The fraction of sp³-hybridized carbons (Fsp3) is 0.227. The number of methoxy groups -OCH3 is 2. The number of amides is 1. The number of halogens is 1. The summed E-state index contributed by atoms with van der Waals surface area (Å²) in [5, 5.41) is 7.40. The molecule has 0 aliphatic carbocycles. The molecule has 1 atom stereocenters. The Hall–Kier alpha value is -3.34. The minimum atomic E-state index is -0.565. The van der Waals surface area contributed by atoms with Crippen molar-refractivity contribution in [1.82, 2.24) is 14.5 Å². The van der Waals surface area contributed by atoms with Crippen molar-refractivity contribution in [2.24, 2.45) is 11.5 Å². The summed E-state index contributed by atoms with van der Waals surface area (Å²) in [7, 11) is 3.16. The number of hydrogen-bond donors (Lipinski definition) is 3. The van der Waals surface area contributed by atoms with Crippen LogP contribution in [-0.4, -0.2) is 41.2 Å². The average molecular weight is 489 g/mol. The standard InChI is InChI=1S/C22H24N6O3S.ClH/c1-30-18-9-16-17(10-19(18)31-2)28(12-25-16)20-4-3-14(21(24)29)22(27-20)26-15(5-7-23)13-6-8-32-11-13;/h3-4,6,8-12,15H,5,7,23H2,1-2H3,(H2,24,29)(H,26,27);1H. The summed E-state index contributed by atoms with van der Waals surface area (Å²) >= 11 is 1.60. The van der Waals surface area contributed by atoms with Crippen molar-refractivity contribution in [3.63, 3.8) is 0 Å². The second-order valence-corrected chi connectivity index (χ2v) is 7.85. The number of benzene rings is 1. The molecule has 1 aromatic carbocycles. The fourth-order valence-corrected chi connectivity index (χ4v) is 4.25. The van der Waals surface area contributed by atoms with Crippen LogP contribution >= 0.6 is 23.7 Å². The van der Waals surface area contributed by atoms with E-state index in [1.54, 1.807) is 50.1 Å². The number of ether oxygens (including phenoxy) is 2. The third kappa shape index (κ3) is 4.87. The first kappa shape index (κ1) is 24.3. The molecule has 0 fully saturated rings. The summed E-state index contributed by atoms with van der Waals surface area (Å²) < 4.78 is 12.6. The van der Waals surface area contributed by atoms with Crippen molar-refractivity contribution >= 4 is 46.5 Å². The molecular formula is C22H25ClN6O3S. The number of carbonyl (C=O) groups excluding carboxylic acids is 1. The molecule has 5 N–H and O–H groups in total. The zero-order chi connectivity index (χ0) is 22.7. The van der Waals surface area contributed by atoms with E-state index in [1.807, 2.05) is 27.5 Å². The van der Waals surface area contributed by atoms with Crippen LogP contribution < -0.4 is 26.3 Å². The number of imidazole rings is 1. The predicted molar refractivity (Wildman–Crippen MR) is 132 cm³/mol. The van der Waals surface area contributed by atoms with E-state index in [2.05, 4.69) is 10.3 Å². The molecule has 4 aromatic rings. The van der Waals surface area contributed by atoms with Gasteiger partial charge in [0.05, 0.1) is 36.9 Å². The van der Waals surface area contributed by atoms with Gasteiger partial charge in [0.2, 0.25) is 0 Å². The zero-order valence-corrected chi connectivity index (χ0v) is 19.8. The van der Waals surface area contributed by atoms with Gasteiger partial charge in [-0.25, -0.2) is 9.97 Å². The lowest BCUT2D eigenvalue weighted by Crippen LogP contribution is -2.20. The molecule has 3 heterocycles. The van der Waals surface area contributed by atoms with E-state index in [-0.39, 0.29) is 18.4 Å². The zero-order valence-electron chi connectivity index (χ0n) is 18.1. The van der Waals surface area contributed by atoms with Gasteiger partial charge in [0, 0.05) is 12.1 Å². The molecular weight excluding hydrogens is 464 g/mol. The number of anilines is 1. The van der Waals surface area contributed by atoms with Crippen LogP contribution in [0, 0.1) is 0 Å². The maximum atomic E-state index is 12.1. The van der Waals surface area contributed by atoms with Gasteiger partial charge in [-0.15, -0.1) is 12.4 Å². The lowest BCUT2D eigenvalue weighted by molar-refractivity contribution is 0.100. The quantitative estimate of drug-likeness (QED) is 0.328. The van der Waals surface area contributed by atoms with Gasteiger partial charge in [0.15, 0.2) is 11.5 Å². The number of nitrogens with two attached hydrogens (primary N) is 2. The fourth-order valence-electron chi connectivity index (χ4n) is 3.54. The SMILES string of the molecule is COc1cc2ncn(-c3ccc(C(N)=O)c(NC(CCN)c4ccsc4)n3)c2cc1OC.Cl. The molecule has 11 heteroatoms. The largest absolute Gasteiger partial charge is 0.493 e. The number of thiophene rings is 1. The van der Waals surface area contributed by atoms with Crippen LogP contribution in [0.1, 0.15) is 28.4 Å². The molecule has 0 aliphatic heterocycles. The highest BCUT2D eigenvalue weighted by molar-refractivity contribution is 7.08. The Labute approximate surface area is 201 Å². The first-order valence-corrected chi connectivity index (χ1v) is 10.9. The number of carbonyl (C=O) groups is 1. The highest BCUT2D eigenvalue weighted by atomic mass is 35.5. The summed E-state index contributed by atoms with van der Waals surface area (Å²) in [6.45, 7) is 0.479. The van der Waals surface area contributed by atoms with Crippen LogP contribution in [0.3, 0.4) is 0 Å². The highest BCUT2D eigenvalue weighted by Crippen LogP contribution is 2.33. The number of aromatic nitrogens is 3. The lowest BCUT2D eigenvalue weighted by atomic mass is 10.1. The Kier molecular flexibility index (Phi) is 7.75. The molecule has 9 nitrogen and oxygen atoms in total. The molecule has 0 saturated carbocycles. The van der Waals surface area contributed by atoms with Crippen molar-refractivity contribution < 1.29 is 14.3 Å². The summed E-state index contributed by atoms with van der Waals surface area (Å²) in [5.74, 6) is 1.57. The van der Waals surface area contributed by atoms with E-state index < -0.39 is 5.91 Å². The van der Waals surface area contributed by atoms with E-state index in [4.69, 9.17) is 25.9 Å². The Balaban J connectivity index is 0.00000306. The Bertz CT molecular complexity index is 1240. The predicted octanol–water partition coefficient (Wildman–Crippen LogP) is 3.52. The summed E-state index contributed by atoms with van der Waals surface area (Å²) in [4.78, 5) is 21.3. The molecule has 0 aliphatic rings. The second-order valence-electron chi connectivity index (χ2n) is 7.07. The molecule has 0 saturated heterocycles. The van der Waals surface area contributed by atoms with Crippen molar-refractivity contribution in [3.05, 3.63) is 58.5 Å². The van der Waals surface area contributed by atoms with Gasteiger partial charge in [-0.1, -0.05) is 0 Å². The molecule has 0 bridgehead atoms. The van der Waals surface area contributed by atoms with Crippen LogP contribution in [0.4, 0.5) is 5.82 Å². The Morgan fingerprint density at radius 3 is 2.61 bits per heavy atom. The molecule has 3 aromatic heterocycles. The summed E-state index contributed by atoms with van der Waals surface area (Å²) in [6, 6.07) is 8.94. The number of hydrogen-bond acceptors (Lipinski definition) is 8. The van der Waals surface area contributed by atoms with E-state index in [0.717, 1.165) is 16.6 Å². The van der Waals surface area contributed by atoms with Gasteiger partial charge >= 0.3 is 0 Å². The third-order valence-electron chi connectivity index (χ3n) is 5.16. The molecule has 174 valence electrons. The molecule has 4 rings (SSSR count). The van der Waals surface area contributed by atoms with Crippen LogP contribution in [0.25, 0.3) is 16.9 Å². The van der Waals surface area contributed by atoms with Gasteiger partial charge in [0.1, 0.15) is 18.0 Å². The van der Waals surface area contributed by atoms with Crippen LogP contribution in [-0.2, 0) is 0 Å². The first-order valence-electron chi connectivity index (χ1n) is 9.94. The van der Waals surface area contributed by atoms with E-state index in [1.165, 1.54) is 0 Å². The van der Waals surface area contributed by atoms with Crippen LogP contribution in [0.5, 0.6) is 11.5 Å². The summed E-state index contributed by atoms with van der Waals surface area (Å²) in [5.41, 5.74) is 14.3. The summed E-state index contributed by atoms with van der Waals surface area (Å²) in [6.07, 6.45) is 2.34. The molecule has 0 spiro atoms. The molecule has 0 radical (unpaired) electrons. The maximum absolute atomic E-state index is 12.1. The number of primary amides is 1. The van der Waals surface area contributed by atoms with Gasteiger partial charge in [-0.2, -0.15) is 11.3 Å². The molecule has 1 unspecified atom stereocenters. The Morgan fingerprint density at radius 2 is 1.97 bits per heavy atom. The van der Waals surface area contributed by atoms with Crippen LogP contribution in [0.15, 0.2) is 47.4 Å². The van der Waals surface area contributed by atoms with Gasteiger partial charge < -0.3 is 26.3 Å². The van der Waals surface area contributed by atoms with Crippen LogP contribution in [0.2, 0.25) is 0 Å². The Morgan fingerprint density at radius 1 is 1.21 bits per heavy atom. The van der Waals surface area contributed by atoms with Crippen molar-refractivity contribution in [2.75, 3.05) is 26.1 Å². The lowest BCUT2D eigenvalue weighted by Gasteiger charge is -2.20. The van der Waals surface area contributed by atoms with Crippen molar-refractivity contribution in [3.8, 4) is 17.3 Å². The number of nitrogens with zero attached hydrogens (tertiary/aromatic N) is 3. The number of pyridine rings is 1. The van der Waals surface area contributed by atoms with Crippen molar-refractivity contribution in [2.45, 2.75) is 12.5 Å². The molecule has 1 amide bonds. The highest BCUT2D eigenvalue weighted by Gasteiger charge is 2.19. The van der Waals surface area contributed by atoms with Gasteiger partial charge in [0.25, 0.3) is 5.91 Å². The number of fused-ring (bicyclic) bond motifs is 1. The monoisotopic (exact) mass is 488 g/mol.